The molecular weight excluding hydrogens is 280 g/mol. The molecule has 0 saturated carbocycles. The molecule has 0 aliphatic rings. The van der Waals surface area contributed by atoms with Gasteiger partial charge in [-0.25, -0.2) is 9.59 Å². The van der Waals surface area contributed by atoms with E-state index in [4.69, 9.17) is 14.7 Å². The number of hydrogen-bond acceptors (Lipinski definition) is 6. The van der Waals surface area contributed by atoms with Crippen LogP contribution in [0.1, 0.15) is 6.92 Å². The Kier molecular flexibility index (Phi) is 6.82. The van der Waals surface area contributed by atoms with Gasteiger partial charge in [0, 0.05) is 6.54 Å². The molecule has 0 radical (unpaired) electrons. The van der Waals surface area contributed by atoms with Crippen LogP contribution in [-0.2, 0) is 4.74 Å². The molecule has 21 heavy (non-hydrogen) atoms. The number of nitrogens with zero attached hydrogens (tertiary/aromatic N) is 1. The summed E-state index contributed by atoms with van der Waals surface area (Å²) in [6.45, 7) is 1.70. The number of benzene rings is 1. The quantitative estimate of drug-likeness (QED) is 0.470. The van der Waals surface area contributed by atoms with Crippen LogP contribution in [-0.4, -0.2) is 49.3 Å². The summed E-state index contributed by atoms with van der Waals surface area (Å²) in [6, 6.07) is 6.49. The second kappa shape index (κ2) is 8.64. The van der Waals surface area contributed by atoms with Crippen LogP contribution < -0.4 is 14.8 Å². The van der Waals surface area contributed by atoms with Gasteiger partial charge in [0.05, 0.1) is 13.7 Å². The Morgan fingerprint density at radius 1 is 1.24 bits per heavy atom. The highest BCUT2D eigenvalue weighted by Crippen LogP contribution is 2.16. The topological polar surface area (TPSA) is 97.3 Å². The fraction of sp³-hybridized carbons (Fsp3) is 0.385. The first-order chi connectivity index (χ1) is 10.1. The van der Waals surface area contributed by atoms with Crippen LogP contribution in [0.25, 0.3) is 0 Å². The summed E-state index contributed by atoms with van der Waals surface area (Å²) in [6.07, 6.45) is -1.55. The van der Waals surface area contributed by atoms with Crippen LogP contribution in [0.4, 0.5) is 9.59 Å². The summed E-state index contributed by atoms with van der Waals surface area (Å²) < 4.78 is 14.6. The second-order valence-electron chi connectivity index (χ2n) is 3.82. The van der Waals surface area contributed by atoms with E-state index in [1.165, 1.54) is 7.11 Å². The lowest BCUT2D eigenvalue weighted by molar-refractivity contribution is -0.0697. The van der Waals surface area contributed by atoms with Crippen molar-refractivity contribution in [2.45, 2.75) is 6.92 Å². The monoisotopic (exact) mass is 298 g/mol. The number of ether oxygens (including phenoxy) is 3. The average molecular weight is 298 g/mol. The number of nitrogens with one attached hydrogen (secondary N) is 1. The van der Waals surface area contributed by atoms with Gasteiger partial charge >= 0.3 is 12.2 Å². The Bertz CT molecular complexity index is 462. The summed E-state index contributed by atoms with van der Waals surface area (Å²) in [5.41, 5.74) is 0. The van der Waals surface area contributed by atoms with Crippen molar-refractivity contribution in [2.75, 3.05) is 26.8 Å². The highest BCUT2D eigenvalue weighted by atomic mass is 16.6. The third-order valence-corrected chi connectivity index (χ3v) is 2.38. The number of methoxy groups -OCH3 is 1. The third kappa shape index (κ3) is 6.00. The minimum absolute atomic E-state index is 0.0677. The standard InChI is InChI=1S/C13H18N2O6/c1-3-15(18)13(17)20-9-8-14-12(16)21-11-6-4-10(19-2)5-7-11/h4-7,18H,3,8-9H2,1-2H3,(H,14,16). The van der Waals surface area contributed by atoms with E-state index in [1.807, 2.05) is 0 Å². The van der Waals surface area contributed by atoms with E-state index in [0.717, 1.165) is 0 Å². The molecule has 0 bridgehead atoms. The Balaban J connectivity index is 2.23. The van der Waals surface area contributed by atoms with E-state index in [9.17, 15) is 9.59 Å². The maximum atomic E-state index is 11.4. The molecule has 0 unspecified atom stereocenters. The molecule has 1 aromatic carbocycles. The number of hydrogen-bond donors (Lipinski definition) is 2. The van der Waals surface area contributed by atoms with Crippen LogP contribution in [0.2, 0.25) is 0 Å². The summed E-state index contributed by atoms with van der Waals surface area (Å²) in [4.78, 5) is 22.5. The van der Waals surface area contributed by atoms with E-state index >= 15 is 0 Å². The van der Waals surface area contributed by atoms with Crippen molar-refractivity contribution in [1.29, 1.82) is 0 Å². The van der Waals surface area contributed by atoms with Crippen molar-refractivity contribution in [3.05, 3.63) is 24.3 Å². The SMILES string of the molecule is CCN(O)C(=O)OCCNC(=O)Oc1ccc(OC)cc1. The fourth-order valence-corrected chi connectivity index (χ4v) is 1.28. The molecule has 1 rings (SSSR count). The maximum absolute atomic E-state index is 11.4. The molecule has 0 spiro atoms. The predicted octanol–water partition coefficient (Wildman–Crippen LogP) is 1.63. The van der Waals surface area contributed by atoms with E-state index in [-0.39, 0.29) is 19.7 Å². The number of carbonyl (C=O) groups excluding carboxylic acids is 2. The molecule has 116 valence electrons. The minimum atomic E-state index is -0.872. The second-order valence-corrected chi connectivity index (χ2v) is 3.82. The zero-order chi connectivity index (χ0) is 15.7. The molecule has 0 aliphatic heterocycles. The lowest BCUT2D eigenvalue weighted by Crippen LogP contribution is -2.33. The van der Waals surface area contributed by atoms with Gasteiger partial charge in [-0.2, -0.15) is 5.06 Å². The summed E-state index contributed by atoms with van der Waals surface area (Å²) in [5, 5.41) is 11.8. The summed E-state index contributed by atoms with van der Waals surface area (Å²) in [5.74, 6) is 1.01. The van der Waals surface area contributed by atoms with Crippen molar-refractivity contribution < 1.29 is 29.0 Å². The zero-order valence-electron chi connectivity index (χ0n) is 11.9. The van der Waals surface area contributed by atoms with E-state index in [0.29, 0.717) is 16.6 Å². The molecule has 2 amide bonds. The van der Waals surface area contributed by atoms with Gasteiger partial charge in [0.15, 0.2) is 0 Å². The first-order valence-electron chi connectivity index (χ1n) is 6.29. The molecular formula is C13H18N2O6. The number of carbonyl (C=O) groups is 2. The van der Waals surface area contributed by atoms with Crippen LogP contribution in [0.5, 0.6) is 11.5 Å². The lowest BCUT2D eigenvalue weighted by Gasteiger charge is -2.12. The van der Waals surface area contributed by atoms with Crippen LogP contribution in [0, 0.1) is 0 Å². The largest absolute Gasteiger partial charge is 0.497 e. The van der Waals surface area contributed by atoms with Gasteiger partial charge in [-0.15, -0.1) is 0 Å². The number of hydroxylamine groups is 2. The van der Waals surface area contributed by atoms with Gasteiger partial charge in [-0.05, 0) is 31.2 Å². The van der Waals surface area contributed by atoms with E-state index < -0.39 is 12.2 Å². The smallest absolute Gasteiger partial charge is 0.433 e. The van der Waals surface area contributed by atoms with Crippen LogP contribution in [0.3, 0.4) is 0 Å². The molecule has 0 heterocycles. The van der Waals surface area contributed by atoms with E-state index in [2.05, 4.69) is 10.1 Å². The fourth-order valence-electron chi connectivity index (χ4n) is 1.28. The maximum Gasteiger partial charge on any atom is 0.433 e. The van der Waals surface area contributed by atoms with Crippen molar-refractivity contribution in [1.82, 2.24) is 10.4 Å². The Hall–Kier alpha value is -2.48. The highest BCUT2D eigenvalue weighted by Gasteiger charge is 2.09. The average Bonchev–Trinajstić information content (AvgIpc) is 2.51. The van der Waals surface area contributed by atoms with Gasteiger partial charge < -0.3 is 19.5 Å². The molecule has 0 aliphatic carbocycles. The summed E-state index contributed by atoms with van der Waals surface area (Å²) >= 11 is 0. The normalized spacial score (nSPS) is 9.67. The molecule has 0 fully saturated rings. The van der Waals surface area contributed by atoms with Gasteiger partial charge in [0.1, 0.15) is 18.1 Å². The van der Waals surface area contributed by atoms with Gasteiger partial charge in [0.25, 0.3) is 0 Å². The van der Waals surface area contributed by atoms with Crippen molar-refractivity contribution in [3.63, 3.8) is 0 Å². The Morgan fingerprint density at radius 2 is 1.86 bits per heavy atom. The highest BCUT2D eigenvalue weighted by molar-refractivity contribution is 5.70. The molecule has 0 saturated heterocycles. The molecule has 8 nitrogen and oxygen atoms in total. The van der Waals surface area contributed by atoms with Crippen LogP contribution >= 0.6 is 0 Å². The zero-order valence-corrected chi connectivity index (χ0v) is 11.9. The molecule has 0 aromatic heterocycles. The van der Waals surface area contributed by atoms with Gasteiger partial charge in [0.2, 0.25) is 0 Å². The molecule has 8 heteroatoms. The Morgan fingerprint density at radius 3 is 2.43 bits per heavy atom. The summed E-state index contributed by atoms with van der Waals surface area (Å²) in [7, 11) is 1.54. The third-order valence-electron chi connectivity index (χ3n) is 2.38. The van der Waals surface area contributed by atoms with Gasteiger partial charge in [-0.1, -0.05) is 0 Å². The molecule has 1 aromatic rings. The van der Waals surface area contributed by atoms with Crippen molar-refractivity contribution >= 4 is 12.2 Å². The van der Waals surface area contributed by atoms with E-state index in [1.54, 1.807) is 31.2 Å². The van der Waals surface area contributed by atoms with Crippen LogP contribution in [0.15, 0.2) is 24.3 Å². The minimum Gasteiger partial charge on any atom is -0.497 e. The van der Waals surface area contributed by atoms with Crippen molar-refractivity contribution in [2.24, 2.45) is 0 Å². The number of amides is 2. The molecule has 2 N–H and O–H groups in total. The first-order valence-corrected chi connectivity index (χ1v) is 6.29. The lowest BCUT2D eigenvalue weighted by atomic mass is 10.3. The van der Waals surface area contributed by atoms with Gasteiger partial charge in [-0.3, -0.25) is 5.21 Å². The predicted molar refractivity (Wildman–Crippen MR) is 72.5 cm³/mol. The molecule has 0 atom stereocenters. The van der Waals surface area contributed by atoms with Crippen molar-refractivity contribution in [3.8, 4) is 11.5 Å². The first kappa shape index (κ1) is 16.6. The number of rotatable bonds is 6. The Labute approximate surface area is 122 Å².